The van der Waals surface area contributed by atoms with Crippen LogP contribution in [0.3, 0.4) is 0 Å². The normalized spacial score (nSPS) is 11.1. The van der Waals surface area contributed by atoms with Crippen molar-refractivity contribution in [2.24, 2.45) is 5.92 Å². The van der Waals surface area contributed by atoms with Crippen LogP contribution < -0.4 is 5.32 Å². The molecule has 1 amide bonds. The Hall–Kier alpha value is -1.07. The predicted molar refractivity (Wildman–Crippen MR) is 79.5 cm³/mol. The van der Waals surface area contributed by atoms with E-state index >= 15 is 0 Å². The van der Waals surface area contributed by atoms with Gasteiger partial charge in [-0.25, -0.2) is 4.98 Å². The van der Waals surface area contributed by atoms with Crippen molar-refractivity contribution in [3.63, 3.8) is 0 Å². The zero-order chi connectivity index (χ0) is 13.0. The summed E-state index contributed by atoms with van der Waals surface area (Å²) in [5, 5.41) is 2.66. The van der Waals surface area contributed by atoms with Gasteiger partial charge in [0.1, 0.15) is 0 Å². The number of benzene rings is 1. The highest BCUT2D eigenvalue weighted by Gasteiger charge is 2.05. The first kappa shape index (κ1) is 13.4. The number of hydrogen-bond acceptors (Lipinski definition) is 4. The number of carbonyl (C=O) groups excluding carboxylic acids is 1. The molecule has 2 rings (SSSR count). The lowest BCUT2D eigenvalue weighted by Gasteiger charge is -2.00. The zero-order valence-electron chi connectivity index (χ0n) is 10.5. The number of thiazole rings is 1. The summed E-state index contributed by atoms with van der Waals surface area (Å²) in [5.74, 6) is 1.84. The van der Waals surface area contributed by atoms with Gasteiger partial charge in [0.25, 0.3) is 0 Å². The predicted octanol–water partition coefficient (Wildman–Crippen LogP) is 4.00. The maximum Gasteiger partial charge on any atom is 0.211 e. The lowest BCUT2D eigenvalue weighted by atomic mass is 10.2. The molecule has 18 heavy (non-hydrogen) atoms. The molecule has 96 valence electrons. The van der Waals surface area contributed by atoms with E-state index in [1.165, 1.54) is 6.42 Å². The first-order valence-corrected chi connectivity index (χ1v) is 7.73. The first-order valence-electron chi connectivity index (χ1n) is 5.92. The molecule has 1 aromatic carbocycles. The molecule has 0 spiro atoms. The zero-order valence-corrected chi connectivity index (χ0v) is 12.1. The third-order valence-corrected chi connectivity index (χ3v) is 4.71. The number of hydrogen-bond donors (Lipinski definition) is 1. The van der Waals surface area contributed by atoms with Crippen molar-refractivity contribution in [3.8, 4) is 0 Å². The number of nitrogens with zero attached hydrogens (tertiary/aromatic N) is 1. The minimum Gasteiger partial charge on any atom is -0.329 e. The van der Waals surface area contributed by atoms with Crippen molar-refractivity contribution in [2.75, 3.05) is 11.1 Å². The maximum absolute atomic E-state index is 10.4. The van der Waals surface area contributed by atoms with Crippen molar-refractivity contribution in [3.05, 3.63) is 18.2 Å². The minimum atomic E-state index is 0.695. The number of rotatable bonds is 6. The third-order valence-electron chi connectivity index (χ3n) is 2.52. The van der Waals surface area contributed by atoms with Gasteiger partial charge in [0.05, 0.1) is 10.2 Å². The molecule has 0 fully saturated rings. The van der Waals surface area contributed by atoms with Crippen LogP contribution in [0.5, 0.6) is 0 Å². The smallest absolute Gasteiger partial charge is 0.211 e. The third kappa shape index (κ3) is 3.46. The van der Waals surface area contributed by atoms with Crippen LogP contribution in [0, 0.1) is 5.92 Å². The first-order chi connectivity index (χ1) is 8.69. The summed E-state index contributed by atoms with van der Waals surface area (Å²) >= 11 is 3.50. The standard InChI is InChI=1S/C13H16N2OS2/c1-9(2)5-6-17-13-15-11-4-3-10(14-8-16)7-12(11)18-13/h3-4,7-9H,5-6H2,1-2H3,(H,14,16). The quantitative estimate of drug-likeness (QED) is 0.642. The molecule has 1 aromatic heterocycles. The number of amides is 1. The van der Waals surface area contributed by atoms with Gasteiger partial charge in [0.15, 0.2) is 4.34 Å². The van der Waals surface area contributed by atoms with Gasteiger partial charge in [-0.2, -0.15) is 0 Å². The highest BCUT2D eigenvalue weighted by atomic mass is 32.2. The Morgan fingerprint density at radius 1 is 1.50 bits per heavy atom. The Morgan fingerprint density at radius 3 is 3.06 bits per heavy atom. The molecule has 0 saturated carbocycles. The average molecular weight is 280 g/mol. The van der Waals surface area contributed by atoms with E-state index in [2.05, 4.69) is 24.1 Å². The van der Waals surface area contributed by atoms with E-state index < -0.39 is 0 Å². The monoisotopic (exact) mass is 280 g/mol. The molecule has 0 aliphatic heterocycles. The summed E-state index contributed by atoms with van der Waals surface area (Å²) in [4.78, 5) is 15.0. The van der Waals surface area contributed by atoms with Gasteiger partial charge in [-0.1, -0.05) is 25.6 Å². The molecule has 3 nitrogen and oxygen atoms in total. The van der Waals surface area contributed by atoms with Crippen LogP contribution in [0.25, 0.3) is 10.2 Å². The molecule has 2 aromatic rings. The summed E-state index contributed by atoms with van der Waals surface area (Å²) in [7, 11) is 0. The van der Waals surface area contributed by atoms with Crippen molar-refractivity contribution < 1.29 is 4.79 Å². The number of anilines is 1. The van der Waals surface area contributed by atoms with Crippen LogP contribution in [0.15, 0.2) is 22.5 Å². The number of aromatic nitrogens is 1. The molecule has 1 heterocycles. The van der Waals surface area contributed by atoms with E-state index in [0.29, 0.717) is 6.41 Å². The van der Waals surface area contributed by atoms with Gasteiger partial charge >= 0.3 is 0 Å². The van der Waals surface area contributed by atoms with Crippen LogP contribution in [-0.4, -0.2) is 17.1 Å². The summed E-state index contributed by atoms with van der Waals surface area (Å²) in [6, 6.07) is 5.79. The van der Waals surface area contributed by atoms with E-state index in [-0.39, 0.29) is 0 Å². The fraction of sp³-hybridized carbons (Fsp3) is 0.385. The lowest BCUT2D eigenvalue weighted by Crippen LogP contribution is -1.92. The highest BCUT2D eigenvalue weighted by Crippen LogP contribution is 2.31. The van der Waals surface area contributed by atoms with Crippen molar-refractivity contribution in [1.82, 2.24) is 4.98 Å². The van der Waals surface area contributed by atoms with Crippen LogP contribution in [0.2, 0.25) is 0 Å². The molecule has 0 bridgehead atoms. The summed E-state index contributed by atoms with van der Waals surface area (Å²) < 4.78 is 2.22. The van der Waals surface area contributed by atoms with Crippen molar-refractivity contribution >= 4 is 45.4 Å². The van der Waals surface area contributed by atoms with Crippen LogP contribution >= 0.6 is 23.1 Å². The van der Waals surface area contributed by atoms with Crippen molar-refractivity contribution in [2.45, 2.75) is 24.6 Å². The lowest BCUT2D eigenvalue weighted by molar-refractivity contribution is -0.105. The maximum atomic E-state index is 10.4. The SMILES string of the molecule is CC(C)CCSc1nc2ccc(NC=O)cc2s1. The molecule has 0 atom stereocenters. The number of thioether (sulfide) groups is 1. The number of fused-ring (bicyclic) bond motifs is 1. The Labute approximate surface area is 115 Å². The number of carbonyl (C=O) groups is 1. The molecule has 5 heteroatoms. The Bertz CT molecular complexity index is 537. The second-order valence-corrected chi connectivity index (χ2v) is 6.83. The van der Waals surface area contributed by atoms with Crippen LogP contribution in [0.4, 0.5) is 5.69 Å². The highest BCUT2D eigenvalue weighted by molar-refractivity contribution is 8.01. The Morgan fingerprint density at radius 2 is 2.33 bits per heavy atom. The molecule has 0 aliphatic carbocycles. The second kappa shape index (κ2) is 6.20. The van der Waals surface area contributed by atoms with E-state index in [4.69, 9.17) is 0 Å². The number of nitrogens with one attached hydrogen (secondary N) is 1. The van der Waals surface area contributed by atoms with E-state index in [1.807, 2.05) is 30.0 Å². The molecular formula is C13H16N2OS2. The van der Waals surface area contributed by atoms with Gasteiger partial charge < -0.3 is 5.32 Å². The molecule has 0 radical (unpaired) electrons. The summed E-state index contributed by atoms with van der Waals surface area (Å²) in [6.45, 7) is 4.46. The molecule has 1 N–H and O–H groups in total. The Kier molecular flexibility index (Phi) is 4.60. The molecule has 0 saturated heterocycles. The average Bonchev–Trinajstić information content (AvgIpc) is 2.71. The minimum absolute atomic E-state index is 0.695. The fourth-order valence-electron chi connectivity index (χ4n) is 1.50. The molecular weight excluding hydrogens is 264 g/mol. The topological polar surface area (TPSA) is 42.0 Å². The van der Waals surface area contributed by atoms with Gasteiger partial charge in [-0.05, 0) is 30.5 Å². The van der Waals surface area contributed by atoms with E-state index in [0.717, 1.165) is 31.9 Å². The van der Waals surface area contributed by atoms with Gasteiger partial charge in [0.2, 0.25) is 6.41 Å². The summed E-state index contributed by atoms with van der Waals surface area (Å²) in [5.41, 5.74) is 1.82. The van der Waals surface area contributed by atoms with Crippen LogP contribution in [0.1, 0.15) is 20.3 Å². The Balaban J connectivity index is 2.09. The van der Waals surface area contributed by atoms with E-state index in [1.54, 1.807) is 11.3 Å². The van der Waals surface area contributed by atoms with Gasteiger partial charge in [-0.15, -0.1) is 11.3 Å². The van der Waals surface area contributed by atoms with Crippen molar-refractivity contribution in [1.29, 1.82) is 0 Å². The largest absolute Gasteiger partial charge is 0.329 e. The second-order valence-electron chi connectivity index (χ2n) is 4.46. The van der Waals surface area contributed by atoms with Gasteiger partial charge in [0, 0.05) is 11.4 Å². The summed E-state index contributed by atoms with van der Waals surface area (Å²) in [6.07, 6.45) is 1.90. The fourth-order valence-corrected chi connectivity index (χ4v) is 3.92. The molecule has 0 unspecified atom stereocenters. The van der Waals surface area contributed by atoms with Crippen LogP contribution in [-0.2, 0) is 4.79 Å². The molecule has 0 aliphatic rings. The van der Waals surface area contributed by atoms with Gasteiger partial charge in [-0.3, -0.25) is 4.79 Å². The van der Waals surface area contributed by atoms with E-state index in [9.17, 15) is 4.79 Å².